The Balaban J connectivity index is 2.07. The summed E-state index contributed by atoms with van der Waals surface area (Å²) < 4.78 is 0. The van der Waals surface area contributed by atoms with Crippen LogP contribution in [0.25, 0.3) is 0 Å². The van der Waals surface area contributed by atoms with Crippen molar-refractivity contribution in [1.29, 1.82) is 0 Å². The Morgan fingerprint density at radius 3 is 3.00 bits per heavy atom. The molecule has 1 aliphatic rings. The molecule has 0 amide bonds. The van der Waals surface area contributed by atoms with Crippen LogP contribution in [0.15, 0.2) is 18.6 Å². The Bertz CT molecular complexity index is 291. The van der Waals surface area contributed by atoms with Crippen LogP contribution in [0.5, 0.6) is 0 Å². The van der Waals surface area contributed by atoms with E-state index >= 15 is 0 Å². The first-order valence-electron chi connectivity index (χ1n) is 4.92. The highest BCUT2D eigenvalue weighted by Gasteiger charge is 2.24. The van der Waals surface area contributed by atoms with Gasteiger partial charge >= 0.3 is 0 Å². The maximum absolute atomic E-state index is 6.16. The van der Waals surface area contributed by atoms with E-state index in [9.17, 15) is 0 Å². The summed E-state index contributed by atoms with van der Waals surface area (Å²) in [6.07, 6.45) is 6.26. The molecule has 1 saturated heterocycles. The van der Waals surface area contributed by atoms with Gasteiger partial charge in [-0.2, -0.15) is 0 Å². The van der Waals surface area contributed by atoms with Crippen molar-refractivity contribution in [2.45, 2.75) is 18.7 Å². The number of halogens is 1. The van der Waals surface area contributed by atoms with Gasteiger partial charge in [0.1, 0.15) is 5.82 Å². The molecule has 0 spiro atoms. The molecular formula is C10H14ClN3. The van der Waals surface area contributed by atoms with Gasteiger partial charge in [-0.1, -0.05) is 6.92 Å². The number of anilines is 1. The summed E-state index contributed by atoms with van der Waals surface area (Å²) in [5, 5.41) is 0.308. The Kier molecular flexibility index (Phi) is 2.87. The zero-order chi connectivity index (χ0) is 9.97. The summed E-state index contributed by atoms with van der Waals surface area (Å²) >= 11 is 6.16. The minimum Gasteiger partial charge on any atom is -0.355 e. The molecule has 2 unspecified atom stereocenters. The fraction of sp³-hybridized carbons (Fsp3) is 0.600. The third-order valence-electron chi connectivity index (χ3n) is 2.67. The average Bonchev–Trinajstić information content (AvgIpc) is 2.23. The topological polar surface area (TPSA) is 29.0 Å². The van der Waals surface area contributed by atoms with E-state index in [2.05, 4.69) is 21.8 Å². The summed E-state index contributed by atoms with van der Waals surface area (Å²) in [6, 6.07) is 0. The highest BCUT2D eigenvalue weighted by molar-refractivity contribution is 6.20. The predicted molar refractivity (Wildman–Crippen MR) is 57.7 cm³/mol. The van der Waals surface area contributed by atoms with Crippen molar-refractivity contribution in [3.05, 3.63) is 18.6 Å². The largest absolute Gasteiger partial charge is 0.355 e. The maximum Gasteiger partial charge on any atom is 0.147 e. The summed E-state index contributed by atoms with van der Waals surface area (Å²) in [7, 11) is 0. The van der Waals surface area contributed by atoms with Crippen LogP contribution >= 0.6 is 11.6 Å². The Morgan fingerprint density at radius 1 is 1.50 bits per heavy atom. The van der Waals surface area contributed by atoms with Crippen LogP contribution in [0.1, 0.15) is 13.3 Å². The van der Waals surface area contributed by atoms with Crippen LogP contribution in [0, 0.1) is 5.92 Å². The molecule has 0 radical (unpaired) electrons. The van der Waals surface area contributed by atoms with E-state index in [1.54, 1.807) is 18.6 Å². The second-order valence-electron chi connectivity index (χ2n) is 3.79. The van der Waals surface area contributed by atoms with Gasteiger partial charge in [0.2, 0.25) is 0 Å². The van der Waals surface area contributed by atoms with E-state index in [0.29, 0.717) is 11.3 Å². The SMILES string of the molecule is CC1CN(c2cnccn2)CCC1Cl. The molecular weight excluding hydrogens is 198 g/mol. The molecule has 2 atom stereocenters. The molecule has 0 bridgehead atoms. The van der Waals surface area contributed by atoms with Gasteiger partial charge < -0.3 is 4.90 Å². The number of piperidine rings is 1. The van der Waals surface area contributed by atoms with Crippen molar-refractivity contribution in [1.82, 2.24) is 9.97 Å². The van der Waals surface area contributed by atoms with E-state index in [1.807, 2.05) is 0 Å². The number of rotatable bonds is 1. The number of hydrogen-bond donors (Lipinski definition) is 0. The van der Waals surface area contributed by atoms with Gasteiger partial charge in [0.15, 0.2) is 0 Å². The normalized spacial score (nSPS) is 27.7. The van der Waals surface area contributed by atoms with Crippen molar-refractivity contribution in [2.75, 3.05) is 18.0 Å². The Hall–Kier alpha value is -0.830. The van der Waals surface area contributed by atoms with E-state index in [4.69, 9.17) is 11.6 Å². The molecule has 4 heteroatoms. The molecule has 0 saturated carbocycles. The van der Waals surface area contributed by atoms with E-state index in [0.717, 1.165) is 25.3 Å². The molecule has 1 aromatic rings. The van der Waals surface area contributed by atoms with Crippen LogP contribution in [-0.4, -0.2) is 28.4 Å². The third kappa shape index (κ3) is 1.98. The highest BCUT2D eigenvalue weighted by atomic mass is 35.5. The highest BCUT2D eigenvalue weighted by Crippen LogP contribution is 2.24. The first-order valence-corrected chi connectivity index (χ1v) is 5.36. The molecule has 0 N–H and O–H groups in total. The maximum atomic E-state index is 6.16. The van der Waals surface area contributed by atoms with Crippen LogP contribution in [0.3, 0.4) is 0 Å². The summed E-state index contributed by atoms with van der Waals surface area (Å²) in [5.41, 5.74) is 0. The third-order valence-corrected chi connectivity index (χ3v) is 3.32. The smallest absolute Gasteiger partial charge is 0.147 e. The quantitative estimate of drug-likeness (QED) is 0.665. The number of aromatic nitrogens is 2. The number of alkyl halides is 1. The van der Waals surface area contributed by atoms with E-state index in [1.165, 1.54) is 0 Å². The van der Waals surface area contributed by atoms with Crippen LogP contribution < -0.4 is 4.90 Å². The van der Waals surface area contributed by atoms with Crippen molar-refractivity contribution < 1.29 is 0 Å². The van der Waals surface area contributed by atoms with Crippen molar-refractivity contribution >= 4 is 17.4 Å². The van der Waals surface area contributed by atoms with Gasteiger partial charge in [-0.3, -0.25) is 4.98 Å². The zero-order valence-corrected chi connectivity index (χ0v) is 8.98. The molecule has 2 heterocycles. The predicted octanol–water partition coefficient (Wildman–Crippen LogP) is 1.93. The molecule has 76 valence electrons. The molecule has 0 aromatic carbocycles. The molecule has 0 aliphatic carbocycles. The van der Waals surface area contributed by atoms with Gasteiger partial charge in [-0.05, 0) is 12.3 Å². The summed E-state index contributed by atoms with van der Waals surface area (Å²) in [4.78, 5) is 10.6. The van der Waals surface area contributed by atoms with Gasteiger partial charge in [0.25, 0.3) is 0 Å². The first-order chi connectivity index (χ1) is 6.77. The molecule has 2 rings (SSSR count). The fourth-order valence-electron chi connectivity index (χ4n) is 1.78. The van der Waals surface area contributed by atoms with E-state index in [-0.39, 0.29) is 0 Å². The Morgan fingerprint density at radius 2 is 2.36 bits per heavy atom. The monoisotopic (exact) mass is 211 g/mol. The van der Waals surface area contributed by atoms with Gasteiger partial charge in [0.05, 0.1) is 6.20 Å². The van der Waals surface area contributed by atoms with Crippen molar-refractivity contribution in [3.63, 3.8) is 0 Å². The van der Waals surface area contributed by atoms with Crippen LogP contribution in [0.4, 0.5) is 5.82 Å². The molecule has 14 heavy (non-hydrogen) atoms. The number of nitrogens with zero attached hydrogens (tertiary/aromatic N) is 3. The van der Waals surface area contributed by atoms with Gasteiger partial charge in [0, 0.05) is 30.9 Å². The lowest BCUT2D eigenvalue weighted by Gasteiger charge is -2.34. The minimum atomic E-state index is 0.308. The lowest BCUT2D eigenvalue weighted by molar-refractivity contribution is 0.452. The summed E-state index contributed by atoms with van der Waals surface area (Å²) in [6.45, 7) is 4.14. The minimum absolute atomic E-state index is 0.308. The standard InChI is InChI=1S/C10H14ClN3/c1-8-7-14(5-2-9(8)11)10-6-12-3-4-13-10/h3-4,6,8-9H,2,5,7H2,1H3. The van der Waals surface area contributed by atoms with Gasteiger partial charge in [-0.15, -0.1) is 11.6 Å². The van der Waals surface area contributed by atoms with E-state index < -0.39 is 0 Å². The molecule has 1 aliphatic heterocycles. The second kappa shape index (κ2) is 4.13. The van der Waals surface area contributed by atoms with Crippen molar-refractivity contribution in [3.8, 4) is 0 Å². The van der Waals surface area contributed by atoms with Crippen LogP contribution in [0.2, 0.25) is 0 Å². The molecule has 3 nitrogen and oxygen atoms in total. The second-order valence-corrected chi connectivity index (χ2v) is 4.35. The lowest BCUT2D eigenvalue weighted by Crippen LogP contribution is -2.40. The lowest BCUT2D eigenvalue weighted by atomic mass is 10.00. The number of hydrogen-bond acceptors (Lipinski definition) is 3. The van der Waals surface area contributed by atoms with Crippen LogP contribution in [-0.2, 0) is 0 Å². The van der Waals surface area contributed by atoms with Gasteiger partial charge in [-0.25, -0.2) is 4.98 Å². The Labute approximate surface area is 89.1 Å². The van der Waals surface area contributed by atoms with Crippen molar-refractivity contribution in [2.24, 2.45) is 5.92 Å². The zero-order valence-electron chi connectivity index (χ0n) is 8.23. The molecule has 1 aromatic heterocycles. The summed E-state index contributed by atoms with van der Waals surface area (Å²) in [5.74, 6) is 1.48. The first kappa shape index (κ1) is 9.71. The fourth-order valence-corrected chi connectivity index (χ4v) is 1.96. The molecule has 1 fully saturated rings. The average molecular weight is 212 g/mol.